The number of aliphatic hydroxyl groups is 1. The van der Waals surface area contributed by atoms with E-state index < -0.39 is 71.1 Å². The largest absolute Gasteiger partial charge is 0.383 e. The Kier molecular flexibility index (Phi) is 19.3. The van der Waals surface area contributed by atoms with Crippen molar-refractivity contribution in [2.45, 2.75) is 25.4 Å². The van der Waals surface area contributed by atoms with Gasteiger partial charge in [-0.3, -0.25) is 52.7 Å². The van der Waals surface area contributed by atoms with Crippen molar-refractivity contribution in [2.24, 2.45) is 62.1 Å². The molecule has 8 rings (SSSR count). The van der Waals surface area contributed by atoms with Crippen LogP contribution in [0.5, 0.6) is 0 Å². The molecule has 466 valence electrons. The summed E-state index contributed by atoms with van der Waals surface area (Å²) in [5.74, 6) is -5.80. The molecule has 32 nitrogen and oxygen atoms in total. The van der Waals surface area contributed by atoms with E-state index in [0.717, 1.165) is 0 Å². The summed E-state index contributed by atoms with van der Waals surface area (Å²) in [6.07, 6.45) is 11.8. The van der Waals surface area contributed by atoms with Crippen molar-refractivity contribution in [3.8, 4) is 0 Å². The number of anilines is 7. The number of carbonyl (C=O) groups is 11. The topological polar surface area (TPSA) is 407 Å². The molecule has 0 saturated heterocycles. The van der Waals surface area contributed by atoms with Gasteiger partial charge in [0.05, 0.1) is 39.8 Å². The lowest BCUT2D eigenvalue weighted by molar-refractivity contribution is -0.124. The van der Waals surface area contributed by atoms with E-state index in [1.807, 2.05) is 0 Å². The van der Waals surface area contributed by atoms with Gasteiger partial charge in [0.15, 0.2) is 5.82 Å². The van der Waals surface area contributed by atoms with Crippen molar-refractivity contribution >= 4 is 105 Å². The smallest absolute Gasteiger partial charge is 0.291 e. The Morgan fingerprint density at radius 2 is 0.685 bits per heavy atom. The molecule has 8 heterocycles. The van der Waals surface area contributed by atoms with E-state index in [1.54, 1.807) is 73.3 Å². The molecule has 0 aliphatic heterocycles. The molecule has 8 aromatic rings. The average molecular weight is 1220 g/mol. The second kappa shape index (κ2) is 27.1. The molecule has 11 amide bonds. The fraction of sp³-hybridized carbons (Fsp3) is 0.263. The Balaban J connectivity index is 0.735. The summed E-state index contributed by atoms with van der Waals surface area (Å²) < 4.78 is 12.0. The average Bonchev–Trinajstić information content (AvgIpc) is 2.48. The first-order chi connectivity index (χ1) is 42.2. The number of primary amides is 1. The minimum atomic E-state index is -1.58. The van der Waals surface area contributed by atoms with Gasteiger partial charge in [-0.15, -0.1) is 0 Å². The van der Waals surface area contributed by atoms with Crippen LogP contribution < -0.4 is 58.9 Å². The van der Waals surface area contributed by atoms with E-state index in [-0.39, 0.29) is 102 Å². The first-order valence-electron chi connectivity index (χ1n) is 27.3. The zero-order valence-corrected chi connectivity index (χ0v) is 49.6. The number of aromatic nitrogens is 9. The number of hydrogen-bond donors (Lipinski definition) is 12. The van der Waals surface area contributed by atoms with Crippen LogP contribution in [0.2, 0.25) is 0 Å². The van der Waals surface area contributed by atoms with Crippen LogP contribution in [0.1, 0.15) is 103 Å². The molecular formula is C57H66N20O12. The lowest BCUT2D eigenvalue weighted by Crippen LogP contribution is -2.33. The molecule has 0 spiro atoms. The summed E-state index contributed by atoms with van der Waals surface area (Å²) in [7, 11) is 12.9. The van der Waals surface area contributed by atoms with Crippen LogP contribution in [0.4, 0.5) is 39.8 Å². The standard InChI is InChI=1S/C57H66N20O12/c1-70-16-15-59-49(70)57(89)69-37-21-41(74(5)30-37)52(84)62-14-11-47(80)64-32-18-42(75(6)25-32)53(85)65-33-19-39(72(3)26-33)50(82)60-12-9-45(78)56(88)68-36-23-44(77(8)29-36)55(87)67-35-22-43(76(7)28-35)54(86)66-34-20-40(73(4)27-34)51(83)61-13-10-46(79)63-31-17-38(48(58)81)71(2)24-31/h15-30,45,78H,9-14H2,1-8H3,(H2,58,81)(H,60,82)(H,61,83)(H,62,84)(H,63,79)(H,64,80)(H,65,85)(H,66,86)(H,67,87)(H,68,88)(H,69,89)/t45-/m1/s1. The molecule has 13 N–H and O–H groups in total. The third-order valence-corrected chi connectivity index (χ3v) is 13.9. The van der Waals surface area contributed by atoms with Crippen molar-refractivity contribution in [2.75, 3.05) is 56.9 Å². The lowest BCUT2D eigenvalue weighted by atomic mass is 10.2. The zero-order chi connectivity index (χ0) is 64.5. The fourth-order valence-corrected chi connectivity index (χ4v) is 9.36. The van der Waals surface area contributed by atoms with E-state index in [9.17, 15) is 57.8 Å². The van der Waals surface area contributed by atoms with E-state index in [4.69, 9.17) is 5.73 Å². The van der Waals surface area contributed by atoms with E-state index in [1.165, 1.54) is 118 Å². The zero-order valence-electron chi connectivity index (χ0n) is 49.6. The predicted octanol–water partition coefficient (Wildman–Crippen LogP) is 1.53. The molecule has 8 aromatic heterocycles. The summed E-state index contributed by atoms with van der Waals surface area (Å²) >= 11 is 0. The molecule has 0 fully saturated rings. The quantitative estimate of drug-likeness (QED) is 0.0387. The highest BCUT2D eigenvalue weighted by atomic mass is 16.3. The maximum Gasteiger partial charge on any atom is 0.291 e. The lowest BCUT2D eigenvalue weighted by Gasteiger charge is -2.11. The number of nitrogens with one attached hydrogen (secondary N) is 10. The van der Waals surface area contributed by atoms with Gasteiger partial charge in [-0.1, -0.05) is 0 Å². The van der Waals surface area contributed by atoms with Crippen molar-refractivity contribution in [1.29, 1.82) is 0 Å². The first kappa shape index (κ1) is 63.3. The van der Waals surface area contributed by atoms with Gasteiger partial charge < -0.3 is 101 Å². The number of nitrogens with two attached hydrogens (primary N) is 1. The summed E-state index contributed by atoms with van der Waals surface area (Å²) in [6.45, 7) is -0.149. The molecule has 0 unspecified atom stereocenters. The maximum atomic E-state index is 13.4. The molecule has 0 aliphatic rings. The van der Waals surface area contributed by atoms with E-state index >= 15 is 0 Å². The summed E-state index contributed by atoms with van der Waals surface area (Å²) in [5, 5.41) is 37.5. The summed E-state index contributed by atoms with van der Waals surface area (Å²) in [5.41, 5.74) is 8.65. The van der Waals surface area contributed by atoms with Gasteiger partial charge in [-0.2, -0.15) is 0 Å². The molecule has 0 aromatic carbocycles. The Morgan fingerprint density at radius 3 is 1.01 bits per heavy atom. The number of aryl methyl sites for hydroxylation is 8. The molecule has 0 bridgehead atoms. The number of imidazole rings is 1. The van der Waals surface area contributed by atoms with Crippen LogP contribution in [0.15, 0.2) is 98.2 Å². The molecule has 32 heteroatoms. The van der Waals surface area contributed by atoms with Gasteiger partial charge in [0.2, 0.25) is 11.8 Å². The SMILES string of the molecule is Cn1cc(NC(=O)CCNC(=O)c2cc(NC(=O)c3cc(NC(=O)c4cc(NC(=O)[C@H](O)CCNC(=O)c5cc(NC(=O)c6cc(NC(=O)CCNC(=O)c7cc(NC(=O)c8nccn8C)cn7C)cn6C)cn5C)cn4C)cn3C)cn2C)cc1C(N)=O. The van der Waals surface area contributed by atoms with Crippen LogP contribution in [0, 0.1) is 0 Å². The Morgan fingerprint density at radius 1 is 0.393 bits per heavy atom. The fourth-order valence-electron chi connectivity index (χ4n) is 9.36. The van der Waals surface area contributed by atoms with Crippen LogP contribution in [0.25, 0.3) is 0 Å². The van der Waals surface area contributed by atoms with Crippen molar-refractivity contribution in [1.82, 2.24) is 57.5 Å². The highest BCUT2D eigenvalue weighted by Crippen LogP contribution is 2.22. The third kappa shape index (κ3) is 15.6. The molecular weight excluding hydrogens is 1160 g/mol. The maximum absolute atomic E-state index is 13.4. The molecule has 89 heavy (non-hydrogen) atoms. The van der Waals surface area contributed by atoms with Crippen LogP contribution in [0.3, 0.4) is 0 Å². The number of nitrogens with zero attached hydrogens (tertiary/aromatic N) is 9. The monoisotopic (exact) mass is 1220 g/mol. The Labute approximate surface area is 506 Å². The van der Waals surface area contributed by atoms with Crippen molar-refractivity contribution in [3.63, 3.8) is 0 Å². The predicted molar refractivity (Wildman–Crippen MR) is 324 cm³/mol. The Bertz CT molecular complexity index is 4100. The van der Waals surface area contributed by atoms with E-state index in [2.05, 4.69) is 58.2 Å². The molecule has 1 atom stereocenters. The van der Waals surface area contributed by atoms with Gasteiger partial charge in [0.1, 0.15) is 46.0 Å². The van der Waals surface area contributed by atoms with Gasteiger partial charge >= 0.3 is 0 Å². The minimum Gasteiger partial charge on any atom is -0.383 e. The van der Waals surface area contributed by atoms with Crippen molar-refractivity contribution < 1.29 is 57.8 Å². The van der Waals surface area contributed by atoms with Gasteiger partial charge in [0.25, 0.3) is 53.2 Å². The Hall–Kier alpha value is -11.7. The summed E-state index contributed by atoms with van der Waals surface area (Å²) in [4.78, 5) is 146. The summed E-state index contributed by atoms with van der Waals surface area (Å²) in [6, 6.07) is 10.1. The third-order valence-electron chi connectivity index (χ3n) is 13.9. The van der Waals surface area contributed by atoms with Crippen LogP contribution >= 0.6 is 0 Å². The van der Waals surface area contributed by atoms with Gasteiger partial charge in [-0.25, -0.2) is 4.98 Å². The van der Waals surface area contributed by atoms with Crippen molar-refractivity contribution in [3.05, 3.63) is 144 Å². The van der Waals surface area contributed by atoms with Crippen LogP contribution in [-0.4, -0.2) is 137 Å². The second-order valence-electron chi connectivity index (χ2n) is 20.8. The highest BCUT2D eigenvalue weighted by Gasteiger charge is 2.24. The molecule has 0 aliphatic carbocycles. The number of hydrogen-bond acceptors (Lipinski definition) is 13. The van der Waals surface area contributed by atoms with Gasteiger partial charge in [-0.05, 0) is 48.9 Å². The van der Waals surface area contributed by atoms with Crippen LogP contribution in [-0.2, 0) is 70.8 Å². The van der Waals surface area contributed by atoms with E-state index in [0.29, 0.717) is 22.7 Å². The number of carbonyl (C=O) groups excluding carboxylic acids is 11. The molecule has 0 saturated carbocycles. The first-order valence-corrected chi connectivity index (χ1v) is 27.3. The number of aliphatic hydroxyl groups excluding tert-OH is 1. The number of rotatable bonds is 25. The number of amides is 11. The van der Waals surface area contributed by atoms with Gasteiger partial charge in [0, 0.05) is 145 Å². The second-order valence-corrected chi connectivity index (χ2v) is 20.8. The highest BCUT2D eigenvalue weighted by molar-refractivity contribution is 6.09. The molecule has 0 radical (unpaired) electrons. The minimum absolute atomic E-state index is 0.00936. The normalized spacial score (nSPS) is 11.3.